The van der Waals surface area contributed by atoms with Crippen LogP contribution in [0.15, 0.2) is 12.1 Å². The molecule has 0 fully saturated rings. The second-order valence-corrected chi connectivity index (χ2v) is 3.12. The van der Waals surface area contributed by atoms with Crippen molar-refractivity contribution in [1.82, 2.24) is 5.32 Å². The summed E-state index contributed by atoms with van der Waals surface area (Å²) in [5, 5.41) is 2.39. The van der Waals surface area contributed by atoms with Gasteiger partial charge in [0.15, 0.2) is 0 Å². The molecular formula is C10H14N2O2. The van der Waals surface area contributed by atoms with E-state index < -0.39 is 6.09 Å². The van der Waals surface area contributed by atoms with Crippen molar-refractivity contribution in [2.24, 2.45) is 0 Å². The van der Waals surface area contributed by atoms with Crippen LogP contribution in [0.4, 0.5) is 10.5 Å². The van der Waals surface area contributed by atoms with E-state index in [9.17, 15) is 4.79 Å². The first-order valence-corrected chi connectivity index (χ1v) is 4.31. The number of nitrogens with two attached hydrogens (primary N) is 1. The molecule has 0 aliphatic rings. The zero-order valence-corrected chi connectivity index (χ0v) is 8.55. The molecule has 1 rings (SSSR count). The van der Waals surface area contributed by atoms with Crippen LogP contribution in [0.2, 0.25) is 0 Å². The second kappa shape index (κ2) is 4.00. The number of nitrogen functional groups attached to an aromatic ring is 1. The minimum Gasteiger partial charge on any atom is -0.410 e. The van der Waals surface area contributed by atoms with Gasteiger partial charge in [-0.2, -0.15) is 0 Å². The molecule has 0 spiro atoms. The van der Waals surface area contributed by atoms with Crippen LogP contribution in [0.3, 0.4) is 0 Å². The molecule has 14 heavy (non-hydrogen) atoms. The van der Waals surface area contributed by atoms with E-state index in [1.807, 2.05) is 13.8 Å². The molecule has 76 valence electrons. The van der Waals surface area contributed by atoms with Crippen molar-refractivity contribution in [1.29, 1.82) is 0 Å². The fourth-order valence-electron chi connectivity index (χ4n) is 1.29. The minimum atomic E-state index is -0.471. The zero-order valence-electron chi connectivity index (χ0n) is 8.55. The molecule has 0 saturated heterocycles. The Kier molecular flexibility index (Phi) is 2.96. The first-order chi connectivity index (χ1) is 6.54. The monoisotopic (exact) mass is 194 g/mol. The van der Waals surface area contributed by atoms with Gasteiger partial charge in [-0.05, 0) is 37.1 Å². The molecule has 4 heteroatoms. The van der Waals surface area contributed by atoms with Gasteiger partial charge in [-0.15, -0.1) is 0 Å². The van der Waals surface area contributed by atoms with Crippen molar-refractivity contribution in [3.8, 4) is 5.75 Å². The number of benzene rings is 1. The molecular weight excluding hydrogens is 180 g/mol. The van der Waals surface area contributed by atoms with E-state index >= 15 is 0 Å². The number of ether oxygens (including phenoxy) is 1. The van der Waals surface area contributed by atoms with Crippen molar-refractivity contribution in [2.45, 2.75) is 13.8 Å². The Bertz CT molecular complexity index is 338. The van der Waals surface area contributed by atoms with Crippen molar-refractivity contribution in [3.63, 3.8) is 0 Å². The molecule has 3 N–H and O–H groups in total. The Morgan fingerprint density at radius 2 is 1.86 bits per heavy atom. The summed E-state index contributed by atoms with van der Waals surface area (Å²) in [5.74, 6) is 0.568. The summed E-state index contributed by atoms with van der Waals surface area (Å²) in [6, 6.07) is 3.54. The lowest BCUT2D eigenvalue weighted by Crippen LogP contribution is -2.22. The van der Waals surface area contributed by atoms with Gasteiger partial charge in [0.25, 0.3) is 0 Å². The predicted molar refractivity (Wildman–Crippen MR) is 55.4 cm³/mol. The first-order valence-electron chi connectivity index (χ1n) is 4.31. The van der Waals surface area contributed by atoms with E-state index in [1.165, 1.54) is 7.05 Å². The number of aryl methyl sites for hydroxylation is 2. The van der Waals surface area contributed by atoms with Gasteiger partial charge < -0.3 is 15.8 Å². The van der Waals surface area contributed by atoms with Gasteiger partial charge in [-0.3, -0.25) is 0 Å². The maximum Gasteiger partial charge on any atom is 0.412 e. The molecule has 0 aliphatic carbocycles. The lowest BCUT2D eigenvalue weighted by Gasteiger charge is -2.10. The van der Waals surface area contributed by atoms with Crippen LogP contribution in [0.1, 0.15) is 11.1 Å². The Balaban J connectivity index is 3.02. The molecule has 0 aromatic heterocycles. The van der Waals surface area contributed by atoms with E-state index in [0.29, 0.717) is 11.4 Å². The molecule has 0 radical (unpaired) electrons. The molecule has 0 unspecified atom stereocenters. The topological polar surface area (TPSA) is 64.3 Å². The molecule has 0 saturated carbocycles. The van der Waals surface area contributed by atoms with Crippen LogP contribution in [0.5, 0.6) is 5.75 Å². The molecule has 1 aromatic rings. The molecule has 0 atom stereocenters. The van der Waals surface area contributed by atoms with Gasteiger partial charge in [-0.25, -0.2) is 4.79 Å². The average Bonchev–Trinajstić information content (AvgIpc) is 2.10. The lowest BCUT2D eigenvalue weighted by molar-refractivity contribution is 0.202. The highest BCUT2D eigenvalue weighted by Gasteiger charge is 2.08. The van der Waals surface area contributed by atoms with Gasteiger partial charge in [-0.1, -0.05) is 0 Å². The highest BCUT2D eigenvalue weighted by atomic mass is 16.6. The highest BCUT2D eigenvalue weighted by molar-refractivity contribution is 5.71. The summed E-state index contributed by atoms with van der Waals surface area (Å²) in [7, 11) is 1.52. The van der Waals surface area contributed by atoms with Gasteiger partial charge >= 0.3 is 6.09 Å². The molecule has 1 amide bonds. The van der Waals surface area contributed by atoms with Crippen molar-refractivity contribution < 1.29 is 9.53 Å². The Morgan fingerprint density at radius 1 is 1.36 bits per heavy atom. The fraction of sp³-hybridized carbons (Fsp3) is 0.300. The molecule has 0 heterocycles. The molecule has 0 aliphatic heterocycles. The van der Waals surface area contributed by atoms with E-state index in [1.54, 1.807) is 12.1 Å². The molecule has 0 bridgehead atoms. The number of nitrogens with one attached hydrogen (secondary N) is 1. The average molecular weight is 194 g/mol. The number of hydrogen-bond donors (Lipinski definition) is 2. The minimum absolute atomic E-state index is 0.471. The van der Waals surface area contributed by atoms with E-state index in [4.69, 9.17) is 10.5 Å². The number of carbonyl (C=O) groups excluding carboxylic acids is 1. The highest BCUT2D eigenvalue weighted by Crippen LogP contribution is 2.25. The summed E-state index contributed by atoms with van der Waals surface area (Å²) >= 11 is 0. The number of amides is 1. The predicted octanol–water partition coefficient (Wildman–Crippen LogP) is 1.60. The van der Waals surface area contributed by atoms with Crippen LogP contribution < -0.4 is 15.8 Å². The summed E-state index contributed by atoms with van der Waals surface area (Å²) in [6.07, 6.45) is -0.471. The number of rotatable bonds is 1. The van der Waals surface area contributed by atoms with Crippen LogP contribution in [-0.4, -0.2) is 13.1 Å². The lowest BCUT2D eigenvalue weighted by atomic mass is 10.1. The normalized spacial score (nSPS) is 9.64. The van der Waals surface area contributed by atoms with Gasteiger partial charge in [0.05, 0.1) is 0 Å². The largest absolute Gasteiger partial charge is 0.412 e. The smallest absolute Gasteiger partial charge is 0.410 e. The second-order valence-electron chi connectivity index (χ2n) is 3.12. The van der Waals surface area contributed by atoms with E-state index in [0.717, 1.165) is 11.1 Å². The SMILES string of the molecule is CNC(=O)Oc1c(C)cc(N)cc1C. The Labute approximate surface area is 83.1 Å². The Hall–Kier alpha value is -1.71. The summed E-state index contributed by atoms with van der Waals surface area (Å²) in [5.41, 5.74) is 8.01. The van der Waals surface area contributed by atoms with Crippen LogP contribution in [-0.2, 0) is 0 Å². The van der Waals surface area contributed by atoms with Crippen LogP contribution in [0, 0.1) is 13.8 Å². The van der Waals surface area contributed by atoms with Crippen molar-refractivity contribution in [3.05, 3.63) is 23.3 Å². The number of anilines is 1. The first kappa shape index (κ1) is 10.4. The van der Waals surface area contributed by atoms with Gasteiger partial charge in [0.2, 0.25) is 0 Å². The maximum absolute atomic E-state index is 11.0. The number of carbonyl (C=O) groups is 1. The quantitative estimate of drug-likeness (QED) is 0.667. The van der Waals surface area contributed by atoms with E-state index in [-0.39, 0.29) is 0 Å². The van der Waals surface area contributed by atoms with Gasteiger partial charge in [0, 0.05) is 12.7 Å². The van der Waals surface area contributed by atoms with Crippen LogP contribution in [0.25, 0.3) is 0 Å². The third kappa shape index (κ3) is 2.16. The third-order valence-electron chi connectivity index (χ3n) is 1.88. The van der Waals surface area contributed by atoms with Crippen molar-refractivity contribution >= 4 is 11.8 Å². The maximum atomic E-state index is 11.0. The molecule has 1 aromatic carbocycles. The zero-order chi connectivity index (χ0) is 10.7. The summed E-state index contributed by atoms with van der Waals surface area (Å²) in [4.78, 5) is 11.0. The van der Waals surface area contributed by atoms with Crippen molar-refractivity contribution in [2.75, 3.05) is 12.8 Å². The molecule has 4 nitrogen and oxygen atoms in total. The van der Waals surface area contributed by atoms with Crippen LogP contribution >= 0.6 is 0 Å². The summed E-state index contributed by atoms with van der Waals surface area (Å²) < 4.78 is 5.07. The fourth-order valence-corrected chi connectivity index (χ4v) is 1.29. The standard InChI is InChI=1S/C10H14N2O2/c1-6-4-8(11)5-7(2)9(6)14-10(13)12-3/h4-5H,11H2,1-3H3,(H,12,13). The number of hydrogen-bond acceptors (Lipinski definition) is 3. The summed E-state index contributed by atoms with van der Waals surface area (Å²) in [6.45, 7) is 3.70. The Morgan fingerprint density at radius 3 is 2.29 bits per heavy atom. The van der Waals surface area contributed by atoms with Gasteiger partial charge in [0.1, 0.15) is 5.75 Å². The third-order valence-corrected chi connectivity index (χ3v) is 1.88. The van der Waals surface area contributed by atoms with E-state index in [2.05, 4.69) is 5.32 Å².